The van der Waals surface area contributed by atoms with Crippen LogP contribution in [0.25, 0.3) is 16.6 Å². The van der Waals surface area contributed by atoms with Gasteiger partial charge < -0.3 is 9.88 Å². The van der Waals surface area contributed by atoms with Crippen LogP contribution in [0.3, 0.4) is 0 Å². The van der Waals surface area contributed by atoms with Crippen LogP contribution in [0, 0.1) is 6.92 Å². The second-order valence-electron chi connectivity index (χ2n) is 7.77. The summed E-state index contributed by atoms with van der Waals surface area (Å²) in [6.07, 6.45) is 3.61. The van der Waals surface area contributed by atoms with Crippen LogP contribution in [0.4, 0.5) is 5.95 Å². The summed E-state index contributed by atoms with van der Waals surface area (Å²) in [5, 5.41) is 10.4. The van der Waals surface area contributed by atoms with Gasteiger partial charge in [0.15, 0.2) is 5.16 Å². The lowest BCUT2D eigenvalue weighted by atomic mass is 10.1. The van der Waals surface area contributed by atoms with E-state index in [1.54, 1.807) is 0 Å². The first-order valence-corrected chi connectivity index (χ1v) is 11.6. The molecule has 5 rings (SSSR count). The number of thioether (sulfide) groups is 1. The first-order valence-electron chi connectivity index (χ1n) is 10.6. The number of aromatic amines is 1. The second-order valence-corrected chi connectivity index (χ2v) is 8.72. The molecular weight excluding hydrogens is 408 g/mol. The van der Waals surface area contributed by atoms with E-state index < -0.39 is 0 Å². The Morgan fingerprint density at radius 1 is 1.00 bits per heavy atom. The predicted octanol–water partition coefficient (Wildman–Crippen LogP) is 4.09. The van der Waals surface area contributed by atoms with E-state index in [9.17, 15) is 4.79 Å². The monoisotopic (exact) mass is 432 g/mol. The minimum Gasteiger partial charge on any atom is -0.341 e. The van der Waals surface area contributed by atoms with Crippen LogP contribution in [0.1, 0.15) is 30.7 Å². The zero-order valence-corrected chi connectivity index (χ0v) is 18.2. The zero-order chi connectivity index (χ0) is 21.2. The van der Waals surface area contributed by atoms with E-state index in [2.05, 4.69) is 36.8 Å². The number of H-pyrrole nitrogens is 1. The van der Waals surface area contributed by atoms with Crippen LogP contribution < -0.4 is 10.5 Å². The smallest absolute Gasteiger partial charge is 0.258 e. The number of hydrogen-bond donors (Lipinski definition) is 1. The van der Waals surface area contributed by atoms with Gasteiger partial charge in [-0.1, -0.05) is 42.1 Å². The summed E-state index contributed by atoms with van der Waals surface area (Å²) in [7, 11) is 0. The number of rotatable bonds is 5. The van der Waals surface area contributed by atoms with Gasteiger partial charge in [0.05, 0.1) is 22.3 Å². The molecule has 0 radical (unpaired) electrons. The van der Waals surface area contributed by atoms with E-state index in [-0.39, 0.29) is 5.56 Å². The van der Waals surface area contributed by atoms with E-state index in [0.29, 0.717) is 17.0 Å². The summed E-state index contributed by atoms with van der Waals surface area (Å²) < 4.78 is 2.11. The van der Waals surface area contributed by atoms with Crippen LogP contribution in [-0.4, -0.2) is 37.8 Å². The number of aryl methyl sites for hydroxylation is 1. The highest BCUT2D eigenvalue weighted by molar-refractivity contribution is 7.98. The largest absolute Gasteiger partial charge is 0.341 e. The van der Waals surface area contributed by atoms with Crippen LogP contribution in [0.15, 0.2) is 58.5 Å². The topological polar surface area (TPSA) is 79.7 Å². The summed E-state index contributed by atoms with van der Waals surface area (Å²) >= 11 is 1.53. The average Bonchev–Trinajstić information content (AvgIpc) is 3.24. The van der Waals surface area contributed by atoms with Gasteiger partial charge in [-0.3, -0.25) is 9.36 Å². The quantitative estimate of drug-likeness (QED) is 0.479. The summed E-state index contributed by atoms with van der Waals surface area (Å²) in [6, 6.07) is 15.9. The lowest BCUT2D eigenvalue weighted by Gasteiger charge is -2.27. The molecule has 1 aliphatic heterocycles. The molecule has 0 atom stereocenters. The van der Waals surface area contributed by atoms with Crippen molar-refractivity contribution in [2.45, 2.75) is 37.1 Å². The number of benzene rings is 2. The van der Waals surface area contributed by atoms with Crippen molar-refractivity contribution >= 4 is 28.6 Å². The molecule has 1 fully saturated rings. The van der Waals surface area contributed by atoms with Crippen molar-refractivity contribution in [1.29, 1.82) is 0 Å². The summed E-state index contributed by atoms with van der Waals surface area (Å²) in [6.45, 7) is 3.96. The van der Waals surface area contributed by atoms with Gasteiger partial charge in [0.2, 0.25) is 5.95 Å². The third-order valence-electron chi connectivity index (χ3n) is 5.59. The molecule has 0 amide bonds. The maximum Gasteiger partial charge on any atom is 0.258 e. The molecule has 4 aromatic rings. The summed E-state index contributed by atoms with van der Waals surface area (Å²) in [5.74, 6) is 2.02. The Balaban J connectivity index is 1.48. The number of anilines is 1. The Morgan fingerprint density at radius 3 is 2.61 bits per heavy atom. The highest BCUT2D eigenvalue weighted by Gasteiger charge is 2.21. The number of para-hydroxylation sites is 2. The van der Waals surface area contributed by atoms with Gasteiger partial charge in [0, 0.05) is 13.1 Å². The molecule has 158 valence electrons. The maximum absolute atomic E-state index is 12.5. The fraction of sp³-hybridized carbons (Fsp3) is 0.304. The molecule has 2 aromatic heterocycles. The molecule has 0 unspecified atom stereocenters. The first kappa shape index (κ1) is 19.8. The molecule has 0 spiro atoms. The molecule has 8 heteroatoms. The fourth-order valence-electron chi connectivity index (χ4n) is 4.01. The lowest BCUT2D eigenvalue weighted by Crippen LogP contribution is -2.31. The van der Waals surface area contributed by atoms with Crippen LogP contribution >= 0.6 is 11.8 Å². The van der Waals surface area contributed by atoms with Crippen molar-refractivity contribution in [3.8, 4) is 5.69 Å². The number of fused-ring (bicyclic) bond motifs is 1. The minimum absolute atomic E-state index is 0.108. The number of hydrogen-bond acceptors (Lipinski definition) is 6. The highest BCUT2D eigenvalue weighted by atomic mass is 32.2. The molecule has 1 N–H and O–H groups in total. The van der Waals surface area contributed by atoms with Crippen molar-refractivity contribution in [3.63, 3.8) is 0 Å². The van der Waals surface area contributed by atoms with Gasteiger partial charge in [-0.2, -0.15) is 0 Å². The number of aromatic nitrogens is 5. The summed E-state index contributed by atoms with van der Waals surface area (Å²) in [5.41, 5.74) is 2.67. The molecule has 3 heterocycles. The molecular formula is C23H24N6OS. The van der Waals surface area contributed by atoms with Gasteiger partial charge in [0.1, 0.15) is 5.82 Å². The van der Waals surface area contributed by atoms with E-state index in [0.717, 1.165) is 41.0 Å². The van der Waals surface area contributed by atoms with Gasteiger partial charge in [-0.05, 0) is 49.9 Å². The standard InChI is InChI=1S/C23H24N6OS/c1-16-9-8-12-18-20(16)24-19(25-21(18)30)15-31-23-27-26-22(28-13-6-3-7-14-28)29(23)17-10-4-2-5-11-17/h2,4-5,8-12H,3,6-7,13-15H2,1H3,(H,24,25,30). The van der Waals surface area contributed by atoms with Crippen molar-refractivity contribution in [3.05, 3.63) is 70.3 Å². The Kier molecular flexibility index (Phi) is 5.46. The normalized spacial score (nSPS) is 14.3. The van der Waals surface area contributed by atoms with Gasteiger partial charge in [0.25, 0.3) is 5.56 Å². The summed E-state index contributed by atoms with van der Waals surface area (Å²) in [4.78, 5) is 22.5. The number of piperidine rings is 1. The van der Waals surface area contributed by atoms with E-state index in [1.165, 1.54) is 31.0 Å². The number of nitrogens with zero attached hydrogens (tertiary/aromatic N) is 5. The zero-order valence-electron chi connectivity index (χ0n) is 17.4. The molecule has 1 aliphatic rings. The van der Waals surface area contributed by atoms with Crippen molar-refractivity contribution < 1.29 is 0 Å². The van der Waals surface area contributed by atoms with E-state index >= 15 is 0 Å². The third kappa shape index (κ3) is 3.95. The Morgan fingerprint density at radius 2 is 1.81 bits per heavy atom. The van der Waals surface area contributed by atoms with Gasteiger partial charge in [-0.25, -0.2) is 4.98 Å². The highest BCUT2D eigenvalue weighted by Crippen LogP contribution is 2.29. The SMILES string of the molecule is Cc1cccc2c(=O)[nH]c(CSc3nnc(N4CCCCC4)n3-c3ccccc3)nc12. The van der Waals surface area contributed by atoms with Gasteiger partial charge in [-0.15, -0.1) is 10.2 Å². The molecule has 7 nitrogen and oxygen atoms in total. The maximum atomic E-state index is 12.5. The van der Waals surface area contributed by atoms with Crippen LogP contribution in [0.5, 0.6) is 0 Å². The van der Waals surface area contributed by atoms with E-state index in [4.69, 9.17) is 4.98 Å². The Hall–Kier alpha value is -3.13. The molecule has 1 saturated heterocycles. The van der Waals surface area contributed by atoms with Crippen LogP contribution in [0.2, 0.25) is 0 Å². The number of nitrogens with one attached hydrogen (secondary N) is 1. The first-order chi connectivity index (χ1) is 15.2. The Labute approximate surface area is 184 Å². The second kappa shape index (κ2) is 8.55. The molecule has 31 heavy (non-hydrogen) atoms. The predicted molar refractivity (Wildman–Crippen MR) is 124 cm³/mol. The average molecular weight is 433 g/mol. The minimum atomic E-state index is -0.108. The molecule has 0 saturated carbocycles. The molecule has 0 aliphatic carbocycles. The van der Waals surface area contributed by atoms with E-state index in [1.807, 2.05) is 43.3 Å². The Bertz CT molecular complexity index is 1260. The van der Waals surface area contributed by atoms with Gasteiger partial charge >= 0.3 is 0 Å². The fourth-order valence-corrected chi connectivity index (χ4v) is 4.83. The van der Waals surface area contributed by atoms with Crippen molar-refractivity contribution in [1.82, 2.24) is 24.7 Å². The van der Waals surface area contributed by atoms with Crippen LogP contribution in [-0.2, 0) is 5.75 Å². The third-order valence-corrected chi connectivity index (χ3v) is 6.53. The van der Waals surface area contributed by atoms with Crippen molar-refractivity contribution in [2.24, 2.45) is 0 Å². The molecule has 0 bridgehead atoms. The lowest BCUT2D eigenvalue weighted by molar-refractivity contribution is 0.564. The van der Waals surface area contributed by atoms with Crippen molar-refractivity contribution in [2.75, 3.05) is 18.0 Å². The molecule has 2 aromatic carbocycles.